The minimum Gasteiger partial charge on any atom is -0.497 e. The first-order chi connectivity index (χ1) is 11.3. The Bertz CT molecular complexity index is 705. The zero-order valence-electron chi connectivity index (χ0n) is 14.8. The van der Waals surface area contributed by atoms with Crippen LogP contribution in [-0.2, 0) is 16.6 Å². The quantitative estimate of drug-likeness (QED) is 0.856. The highest BCUT2D eigenvalue weighted by atomic mass is 32.1. The third-order valence-electron chi connectivity index (χ3n) is 3.57. The Morgan fingerprint density at radius 3 is 2.58 bits per heavy atom. The summed E-state index contributed by atoms with van der Waals surface area (Å²) in [7, 11) is 3.15. The van der Waals surface area contributed by atoms with E-state index in [1.165, 1.54) is 0 Å². The molecule has 1 heterocycles. The van der Waals surface area contributed by atoms with E-state index in [2.05, 4.69) is 36.5 Å². The van der Waals surface area contributed by atoms with Crippen molar-refractivity contribution < 1.29 is 14.3 Å². The molecule has 0 bridgehead atoms. The van der Waals surface area contributed by atoms with Crippen molar-refractivity contribution in [1.82, 2.24) is 4.98 Å². The van der Waals surface area contributed by atoms with Gasteiger partial charge in [0.2, 0.25) is 5.91 Å². The highest BCUT2D eigenvalue weighted by Crippen LogP contribution is 2.29. The summed E-state index contributed by atoms with van der Waals surface area (Å²) in [4.78, 5) is 16.8. The van der Waals surface area contributed by atoms with Gasteiger partial charge in [-0.2, -0.15) is 0 Å². The Balaban J connectivity index is 1.95. The van der Waals surface area contributed by atoms with E-state index in [4.69, 9.17) is 9.47 Å². The van der Waals surface area contributed by atoms with Crippen LogP contribution in [0.2, 0.25) is 0 Å². The van der Waals surface area contributed by atoms with E-state index in [0.29, 0.717) is 30.0 Å². The molecule has 130 valence electrons. The molecule has 24 heavy (non-hydrogen) atoms. The molecule has 0 aliphatic rings. The molecule has 2 aromatic rings. The lowest BCUT2D eigenvalue weighted by molar-refractivity contribution is -0.116. The van der Waals surface area contributed by atoms with Gasteiger partial charge in [0.05, 0.1) is 30.6 Å². The van der Waals surface area contributed by atoms with Gasteiger partial charge in [-0.15, -0.1) is 11.3 Å². The summed E-state index contributed by atoms with van der Waals surface area (Å²) in [5.41, 5.74) is 1.74. The topological polar surface area (TPSA) is 60.5 Å². The molecular weight excluding hydrogens is 324 g/mol. The van der Waals surface area contributed by atoms with Crippen LogP contribution in [0.3, 0.4) is 0 Å². The van der Waals surface area contributed by atoms with Crippen LogP contribution < -0.4 is 14.8 Å². The number of carbonyl (C=O) groups excluding carboxylic acids is 1. The molecule has 6 heteroatoms. The van der Waals surface area contributed by atoms with Crippen LogP contribution in [0.4, 0.5) is 5.69 Å². The smallest absolute Gasteiger partial charge is 0.224 e. The number of rotatable bonds is 6. The summed E-state index contributed by atoms with van der Waals surface area (Å²) in [6, 6.07) is 5.30. The Hall–Kier alpha value is -2.08. The van der Waals surface area contributed by atoms with Gasteiger partial charge in [-0.1, -0.05) is 20.8 Å². The zero-order valence-corrected chi connectivity index (χ0v) is 15.6. The normalized spacial score (nSPS) is 11.2. The van der Waals surface area contributed by atoms with Crippen LogP contribution in [0.5, 0.6) is 11.5 Å². The first-order valence-corrected chi connectivity index (χ1v) is 8.68. The largest absolute Gasteiger partial charge is 0.497 e. The number of amides is 1. The standard InChI is InChI=1S/C18H24N2O3S/c1-18(2,3)15-11-24-17(20-15)9-8-16(21)19-13-7-6-12(22-4)10-14(13)23-5/h6-7,10-11H,8-9H2,1-5H3,(H,19,21). The maximum absolute atomic E-state index is 12.2. The van der Waals surface area contributed by atoms with Crippen molar-refractivity contribution in [2.75, 3.05) is 19.5 Å². The zero-order chi connectivity index (χ0) is 17.7. The lowest BCUT2D eigenvalue weighted by atomic mass is 9.93. The molecule has 0 atom stereocenters. The molecule has 0 saturated heterocycles. The molecule has 0 spiro atoms. The number of nitrogens with zero attached hydrogens (tertiary/aromatic N) is 1. The van der Waals surface area contributed by atoms with Crippen LogP contribution >= 0.6 is 11.3 Å². The van der Waals surface area contributed by atoms with Gasteiger partial charge < -0.3 is 14.8 Å². The van der Waals surface area contributed by atoms with Crippen molar-refractivity contribution in [3.63, 3.8) is 0 Å². The van der Waals surface area contributed by atoms with Crippen LogP contribution in [-0.4, -0.2) is 25.1 Å². The van der Waals surface area contributed by atoms with Crippen molar-refractivity contribution in [2.45, 2.75) is 39.0 Å². The Morgan fingerprint density at radius 1 is 1.25 bits per heavy atom. The van der Waals surface area contributed by atoms with E-state index in [1.807, 2.05) is 0 Å². The molecule has 0 aliphatic carbocycles. The van der Waals surface area contributed by atoms with Gasteiger partial charge in [0.1, 0.15) is 11.5 Å². The Morgan fingerprint density at radius 2 is 2.00 bits per heavy atom. The first-order valence-electron chi connectivity index (χ1n) is 7.80. The highest BCUT2D eigenvalue weighted by Gasteiger charge is 2.17. The number of nitrogens with one attached hydrogen (secondary N) is 1. The minimum atomic E-state index is -0.0639. The van der Waals surface area contributed by atoms with Crippen LogP contribution in [0.25, 0.3) is 0 Å². The van der Waals surface area contributed by atoms with Crippen LogP contribution in [0.15, 0.2) is 23.6 Å². The number of thiazole rings is 1. The Labute approximate surface area is 147 Å². The van der Waals surface area contributed by atoms with Gasteiger partial charge in [-0.3, -0.25) is 4.79 Å². The number of aromatic nitrogens is 1. The fourth-order valence-corrected chi connectivity index (χ4v) is 3.13. The van der Waals surface area contributed by atoms with E-state index in [-0.39, 0.29) is 11.3 Å². The van der Waals surface area contributed by atoms with E-state index in [9.17, 15) is 4.79 Å². The molecule has 0 unspecified atom stereocenters. The summed E-state index contributed by atoms with van der Waals surface area (Å²) in [6.45, 7) is 6.40. The number of anilines is 1. The summed E-state index contributed by atoms with van der Waals surface area (Å²) in [5, 5.41) is 5.93. The molecule has 0 saturated carbocycles. The van der Waals surface area contributed by atoms with Crippen molar-refractivity contribution >= 4 is 22.9 Å². The van der Waals surface area contributed by atoms with Crippen LogP contribution in [0, 0.1) is 0 Å². The molecule has 1 aromatic carbocycles. The summed E-state index contributed by atoms with van der Waals surface area (Å²) in [5.74, 6) is 1.19. The number of methoxy groups -OCH3 is 2. The molecule has 5 nitrogen and oxygen atoms in total. The molecule has 2 rings (SSSR count). The minimum absolute atomic E-state index is 0.0352. The highest BCUT2D eigenvalue weighted by molar-refractivity contribution is 7.09. The number of ether oxygens (including phenoxy) is 2. The lowest BCUT2D eigenvalue weighted by Gasteiger charge is -2.14. The van der Waals surface area contributed by atoms with Crippen molar-refractivity contribution in [3.8, 4) is 11.5 Å². The molecule has 1 N–H and O–H groups in total. The maximum Gasteiger partial charge on any atom is 0.224 e. The summed E-state index contributed by atoms with van der Waals surface area (Å²) >= 11 is 1.60. The van der Waals surface area contributed by atoms with Gasteiger partial charge in [-0.05, 0) is 12.1 Å². The number of hydrogen-bond acceptors (Lipinski definition) is 5. The summed E-state index contributed by atoms with van der Waals surface area (Å²) in [6.07, 6.45) is 1.01. The van der Waals surface area contributed by atoms with Gasteiger partial charge in [0.25, 0.3) is 0 Å². The monoisotopic (exact) mass is 348 g/mol. The third-order valence-corrected chi connectivity index (χ3v) is 4.48. The average molecular weight is 348 g/mol. The van der Waals surface area contributed by atoms with Crippen molar-refractivity contribution in [3.05, 3.63) is 34.3 Å². The number of aryl methyl sites for hydroxylation is 1. The second kappa shape index (κ2) is 7.66. The number of carbonyl (C=O) groups is 1. The van der Waals surface area contributed by atoms with E-state index in [1.54, 1.807) is 43.8 Å². The average Bonchev–Trinajstić information content (AvgIpc) is 3.02. The second-order valence-electron chi connectivity index (χ2n) is 6.49. The fourth-order valence-electron chi connectivity index (χ4n) is 2.11. The Kier molecular flexibility index (Phi) is 5.83. The van der Waals surface area contributed by atoms with Crippen molar-refractivity contribution in [1.29, 1.82) is 0 Å². The molecule has 1 aromatic heterocycles. The second-order valence-corrected chi connectivity index (χ2v) is 7.43. The maximum atomic E-state index is 12.2. The fraction of sp³-hybridized carbons (Fsp3) is 0.444. The predicted octanol–water partition coefficient (Wildman–Crippen LogP) is 4.03. The van der Waals surface area contributed by atoms with E-state index < -0.39 is 0 Å². The third kappa shape index (κ3) is 4.71. The SMILES string of the molecule is COc1ccc(NC(=O)CCc2nc(C(C)(C)C)cs2)c(OC)c1. The van der Waals surface area contributed by atoms with Crippen LogP contribution in [0.1, 0.15) is 37.9 Å². The molecule has 0 radical (unpaired) electrons. The van der Waals surface area contributed by atoms with Gasteiger partial charge in [-0.25, -0.2) is 4.98 Å². The number of hydrogen-bond donors (Lipinski definition) is 1. The van der Waals surface area contributed by atoms with Crippen molar-refractivity contribution in [2.24, 2.45) is 0 Å². The molecule has 1 amide bonds. The van der Waals surface area contributed by atoms with E-state index >= 15 is 0 Å². The predicted molar refractivity (Wildman–Crippen MR) is 97.3 cm³/mol. The number of benzene rings is 1. The van der Waals surface area contributed by atoms with E-state index in [0.717, 1.165) is 10.7 Å². The van der Waals surface area contributed by atoms with Gasteiger partial charge in [0.15, 0.2) is 0 Å². The molecular formula is C18H24N2O3S. The lowest BCUT2D eigenvalue weighted by Crippen LogP contribution is -2.14. The van der Waals surface area contributed by atoms with Gasteiger partial charge >= 0.3 is 0 Å². The molecule has 0 aliphatic heterocycles. The molecule has 0 fully saturated rings. The van der Waals surface area contributed by atoms with Gasteiger partial charge in [0, 0.05) is 29.7 Å². The summed E-state index contributed by atoms with van der Waals surface area (Å²) < 4.78 is 10.4. The first kappa shape index (κ1) is 18.3.